The van der Waals surface area contributed by atoms with Gasteiger partial charge in [0.2, 0.25) is 0 Å². The fourth-order valence-corrected chi connectivity index (χ4v) is 0.289. The van der Waals surface area contributed by atoms with Gasteiger partial charge in [-0.2, -0.15) is 0 Å². The summed E-state index contributed by atoms with van der Waals surface area (Å²) < 4.78 is 0. The fraction of sp³-hybridized carbons (Fsp3) is 0. The Bertz CT molecular complexity index is 158. The molecule has 0 fully saturated rings. The molecule has 1 rings (SSSR count). The Balaban J connectivity index is 2.88. The van der Waals surface area contributed by atoms with Gasteiger partial charge in [-0.05, 0) is 0 Å². The van der Waals surface area contributed by atoms with E-state index in [9.17, 15) is 10.0 Å². The first-order chi connectivity index (χ1) is 3.29. The third kappa shape index (κ3) is 0.623. The number of hydrogen-bond acceptors (Lipinski definition) is 3. The van der Waals surface area contributed by atoms with Crippen LogP contribution in [0.25, 0.3) is 0 Å². The minimum atomic E-state index is -0.352. The summed E-state index contributed by atoms with van der Waals surface area (Å²) in [6.45, 7) is 0. The Morgan fingerprint density at radius 2 is 2.57 bits per heavy atom. The second-order valence-electron chi connectivity index (χ2n) is 1.08. The van der Waals surface area contributed by atoms with Crippen molar-refractivity contribution in [1.82, 2.24) is 0 Å². The molecule has 4 heteroatoms. The molecule has 0 spiro atoms. The van der Waals surface area contributed by atoms with Crippen LogP contribution in [0, 0.1) is 5.21 Å². The van der Waals surface area contributed by atoms with Crippen LogP contribution >= 0.6 is 0 Å². The Morgan fingerprint density at radius 1 is 1.86 bits per heavy atom. The van der Waals surface area contributed by atoms with Crippen molar-refractivity contribution in [2.45, 2.75) is 0 Å². The molecular formula is C3H2N2O2. The first-order valence-electron chi connectivity index (χ1n) is 1.68. The SMILES string of the molecule is O=C1C=N[N+]([O-])=C1. The minimum Gasteiger partial charge on any atom is -0.594 e. The molecule has 0 aromatic heterocycles. The van der Waals surface area contributed by atoms with Crippen molar-refractivity contribution in [2.75, 3.05) is 0 Å². The van der Waals surface area contributed by atoms with Crippen LogP contribution in [0.5, 0.6) is 0 Å². The largest absolute Gasteiger partial charge is 0.594 e. The Hall–Kier alpha value is -1.19. The smallest absolute Gasteiger partial charge is 0.269 e. The average molecular weight is 98.1 g/mol. The normalized spacial score (nSPS) is 17.7. The Kier molecular flexibility index (Phi) is 0.651. The van der Waals surface area contributed by atoms with Crippen LogP contribution in [0.3, 0.4) is 0 Å². The Morgan fingerprint density at radius 3 is 2.71 bits per heavy atom. The topological polar surface area (TPSA) is 55.5 Å². The van der Waals surface area contributed by atoms with E-state index in [0.717, 1.165) is 12.4 Å². The van der Waals surface area contributed by atoms with Gasteiger partial charge in [-0.1, -0.05) is 4.85 Å². The molecule has 0 unspecified atom stereocenters. The molecule has 0 saturated heterocycles. The second-order valence-corrected chi connectivity index (χ2v) is 1.08. The van der Waals surface area contributed by atoms with E-state index in [0.29, 0.717) is 0 Å². The third-order valence-corrected chi connectivity index (χ3v) is 0.536. The van der Waals surface area contributed by atoms with Gasteiger partial charge < -0.3 is 5.21 Å². The highest BCUT2D eigenvalue weighted by Gasteiger charge is 2.06. The standard InChI is InChI=1S/C3H2N2O2/c6-3-1-4-5(7)2-3/h1-2H. The van der Waals surface area contributed by atoms with Gasteiger partial charge in [-0.3, -0.25) is 4.79 Å². The van der Waals surface area contributed by atoms with E-state index < -0.39 is 0 Å². The summed E-state index contributed by atoms with van der Waals surface area (Å²) in [6.07, 6.45) is 1.83. The van der Waals surface area contributed by atoms with E-state index in [1.165, 1.54) is 0 Å². The van der Waals surface area contributed by atoms with Crippen LogP contribution in [0.2, 0.25) is 0 Å². The predicted molar refractivity (Wildman–Crippen MR) is 23.2 cm³/mol. The van der Waals surface area contributed by atoms with Crippen LogP contribution in [0.4, 0.5) is 0 Å². The highest BCUT2D eigenvalue weighted by atomic mass is 16.5. The van der Waals surface area contributed by atoms with Crippen molar-refractivity contribution in [2.24, 2.45) is 5.10 Å². The number of hydrogen-bond donors (Lipinski definition) is 0. The van der Waals surface area contributed by atoms with Crippen molar-refractivity contribution < 1.29 is 9.64 Å². The quantitative estimate of drug-likeness (QED) is 0.292. The molecular weight excluding hydrogens is 96.0 g/mol. The van der Waals surface area contributed by atoms with Crippen molar-refractivity contribution >= 4 is 18.2 Å². The summed E-state index contributed by atoms with van der Waals surface area (Å²) in [7, 11) is 0. The lowest BCUT2D eigenvalue weighted by atomic mass is 10.5. The van der Waals surface area contributed by atoms with Crippen molar-refractivity contribution in [3.05, 3.63) is 5.21 Å². The zero-order chi connectivity index (χ0) is 5.28. The number of Topliss-reactive ketones (excluding diaryl/α,β-unsaturated/α-hetero) is 1. The zero-order valence-electron chi connectivity index (χ0n) is 3.37. The molecule has 4 nitrogen and oxygen atoms in total. The fourth-order valence-electron chi connectivity index (χ4n) is 0.289. The van der Waals surface area contributed by atoms with E-state index in [-0.39, 0.29) is 10.6 Å². The molecule has 1 aliphatic rings. The minimum absolute atomic E-state index is 0.225. The summed E-state index contributed by atoms with van der Waals surface area (Å²) in [6, 6.07) is 0. The number of carbonyl (C=O) groups is 1. The number of rotatable bonds is 0. The molecule has 0 saturated carbocycles. The van der Waals surface area contributed by atoms with Gasteiger partial charge in [0, 0.05) is 5.10 Å². The van der Waals surface area contributed by atoms with Gasteiger partial charge in [-0.15, -0.1) is 0 Å². The molecule has 0 aromatic rings. The molecule has 0 aromatic carbocycles. The van der Waals surface area contributed by atoms with Crippen molar-refractivity contribution in [1.29, 1.82) is 0 Å². The van der Waals surface area contributed by atoms with Crippen LogP contribution in [-0.2, 0) is 4.79 Å². The van der Waals surface area contributed by atoms with Gasteiger partial charge in [0.15, 0.2) is 0 Å². The predicted octanol–water partition coefficient (Wildman–Crippen LogP) is -0.864. The van der Waals surface area contributed by atoms with Crippen LogP contribution < -0.4 is 0 Å². The van der Waals surface area contributed by atoms with Gasteiger partial charge in [-0.25, -0.2) is 0 Å². The molecule has 7 heavy (non-hydrogen) atoms. The van der Waals surface area contributed by atoms with Crippen molar-refractivity contribution in [3.63, 3.8) is 0 Å². The maximum Gasteiger partial charge on any atom is 0.269 e. The van der Waals surface area contributed by atoms with Gasteiger partial charge >= 0.3 is 0 Å². The molecule has 0 N–H and O–H groups in total. The zero-order valence-corrected chi connectivity index (χ0v) is 3.37. The monoisotopic (exact) mass is 98.0 g/mol. The number of hydrazone groups is 1. The lowest BCUT2D eigenvalue weighted by Crippen LogP contribution is -1.96. The molecule has 1 heterocycles. The van der Waals surface area contributed by atoms with Gasteiger partial charge in [0.1, 0.15) is 6.21 Å². The summed E-state index contributed by atoms with van der Waals surface area (Å²) in [5, 5.41) is 13.0. The third-order valence-electron chi connectivity index (χ3n) is 0.536. The van der Waals surface area contributed by atoms with Crippen LogP contribution in [0.15, 0.2) is 5.10 Å². The maximum atomic E-state index is 10.0. The number of carbonyl (C=O) groups excluding carboxylic acids is 1. The summed E-state index contributed by atoms with van der Waals surface area (Å²) in [5.41, 5.74) is 0. The number of ketones is 1. The molecule has 0 radical (unpaired) electrons. The first kappa shape index (κ1) is 3.98. The van der Waals surface area contributed by atoms with E-state index in [2.05, 4.69) is 5.10 Å². The van der Waals surface area contributed by atoms with E-state index in [1.807, 2.05) is 0 Å². The van der Waals surface area contributed by atoms with E-state index in [4.69, 9.17) is 0 Å². The number of nitrogens with zero attached hydrogens (tertiary/aromatic N) is 2. The highest BCUT2D eigenvalue weighted by Crippen LogP contribution is 1.76. The lowest BCUT2D eigenvalue weighted by Gasteiger charge is -1.79. The van der Waals surface area contributed by atoms with Crippen LogP contribution in [-0.4, -0.2) is 23.1 Å². The van der Waals surface area contributed by atoms with Gasteiger partial charge in [0.25, 0.3) is 12.0 Å². The first-order valence-corrected chi connectivity index (χ1v) is 1.68. The van der Waals surface area contributed by atoms with Crippen molar-refractivity contribution in [3.8, 4) is 0 Å². The second kappa shape index (κ2) is 1.14. The summed E-state index contributed by atoms with van der Waals surface area (Å²) in [4.78, 5) is 10.2. The maximum absolute atomic E-state index is 10.0. The average Bonchev–Trinajstić information content (AvgIpc) is 1.87. The summed E-state index contributed by atoms with van der Waals surface area (Å²) in [5.74, 6) is -0.352. The summed E-state index contributed by atoms with van der Waals surface area (Å²) >= 11 is 0. The highest BCUT2D eigenvalue weighted by molar-refractivity contribution is 6.53. The van der Waals surface area contributed by atoms with Gasteiger partial charge in [0.05, 0.1) is 0 Å². The van der Waals surface area contributed by atoms with Crippen LogP contribution in [0.1, 0.15) is 0 Å². The van der Waals surface area contributed by atoms with E-state index in [1.54, 1.807) is 0 Å². The lowest BCUT2D eigenvalue weighted by molar-refractivity contribution is -0.453. The molecule has 36 valence electrons. The molecule has 0 amide bonds. The molecule has 0 aliphatic carbocycles. The molecule has 0 atom stereocenters. The van der Waals surface area contributed by atoms with E-state index >= 15 is 0 Å². The molecule has 0 bridgehead atoms. The Labute approximate surface area is 39.3 Å². The molecule has 1 aliphatic heterocycles.